The predicted octanol–water partition coefficient (Wildman–Crippen LogP) is 4.31. The first-order valence-electron chi connectivity index (χ1n) is 7.25. The molecule has 0 aliphatic rings. The van der Waals surface area contributed by atoms with E-state index in [9.17, 15) is 0 Å². The zero-order chi connectivity index (χ0) is 15.5. The summed E-state index contributed by atoms with van der Waals surface area (Å²) in [5.41, 5.74) is 2.24. The molecule has 0 bridgehead atoms. The standard InChI is InChI=1S/C17H23N3O/c1-6-18-15-12(2)16(20-11-19-15)21-14-9-7-8-13(10-14)17(3,4)5/h7-11H,6H2,1-5H3,(H,18,19,20). The van der Waals surface area contributed by atoms with Gasteiger partial charge in [0.05, 0.1) is 5.56 Å². The lowest BCUT2D eigenvalue weighted by atomic mass is 9.87. The fraction of sp³-hybridized carbons (Fsp3) is 0.412. The molecule has 0 aliphatic carbocycles. The van der Waals surface area contributed by atoms with E-state index >= 15 is 0 Å². The number of rotatable bonds is 4. The Bertz CT molecular complexity index is 618. The van der Waals surface area contributed by atoms with Crippen LogP contribution in [0.1, 0.15) is 38.8 Å². The summed E-state index contributed by atoms with van der Waals surface area (Å²) in [6, 6.07) is 8.14. The van der Waals surface area contributed by atoms with Crippen molar-refractivity contribution >= 4 is 5.82 Å². The second kappa shape index (κ2) is 6.12. The molecule has 0 spiro atoms. The van der Waals surface area contributed by atoms with Crippen molar-refractivity contribution in [1.29, 1.82) is 0 Å². The van der Waals surface area contributed by atoms with Crippen LogP contribution in [0.5, 0.6) is 11.6 Å². The largest absolute Gasteiger partial charge is 0.439 e. The lowest BCUT2D eigenvalue weighted by Crippen LogP contribution is -2.10. The Morgan fingerprint density at radius 2 is 1.95 bits per heavy atom. The zero-order valence-electron chi connectivity index (χ0n) is 13.4. The van der Waals surface area contributed by atoms with Crippen molar-refractivity contribution in [3.05, 3.63) is 41.7 Å². The number of nitrogens with zero attached hydrogens (tertiary/aromatic N) is 2. The monoisotopic (exact) mass is 285 g/mol. The molecule has 0 unspecified atom stereocenters. The fourth-order valence-corrected chi connectivity index (χ4v) is 2.02. The van der Waals surface area contributed by atoms with E-state index in [4.69, 9.17) is 4.74 Å². The van der Waals surface area contributed by atoms with Crippen molar-refractivity contribution in [2.45, 2.75) is 40.0 Å². The quantitative estimate of drug-likeness (QED) is 0.909. The SMILES string of the molecule is CCNc1ncnc(Oc2cccc(C(C)(C)C)c2)c1C. The van der Waals surface area contributed by atoms with E-state index in [0.29, 0.717) is 5.88 Å². The minimum Gasteiger partial charge on any atom is -0.439 e. The molecular weight excluding hydrogens is 262 g/mol. The number of benzene rings is 1. The number of ether oxygens (including phenoxy) is 1. The molecule has 112 valence electrons. The Morgan fingerprint density at radius 1 is 1.19 bits per heavy atom. The van der Waals surface area contributed by atoms with E-state index < -0.39 is 0 Å². The lowest BCUT2D eigenvalue weighted by molar-refractivity contribution is 0.454. The van der Waals surface area contributed by atoms with Gasteiger partial charge in [0, 0.05) is 6.54 Å². The van der Waals surface area contributed by atoms with Crippen molar-refractivity contribution in [2.24, 2.45) is 0 Å². The summed E-state index contributed by atoms with van der Waals surface area (Å²) in [6.45, 7) is 11.4. The Hall–Kier alpha value is -2.10. The Kier molecular flexibility index (Phi) is 4.46. The van der Waals surface area contributed by atoms with Gasteiger partial charge in [-0.25, -0.2) is 9.97 Å². The molecule has 0 saturated heterocycles. The van der Waals surface area contributed by atoms with Gasteiger partial charge in [0.25, 0.3) is 0 Å². The zero-order valence-corrected chi connectivity index (χ0v) is 13.4. The molecular formula is C17H23N3O. The van der Waals surface area contributed by atoms with Gasteiger partial charge in [-0.2, -0.15) is 0 Å². The van der Waals surface area contributed by atoms with Crippen LogP contribution < -0.4 is 10.1 Å². The Balaban J connectivity index is 2.28. The van der Waals surface area contributed by atoms with E-state index in [1.54, 1.807) is 0 Å². The predicted molar refractivity (Wildman–Crippen MR) is 86.1 cm³/mol. The molecule has 1 aromatic carbocycles. The Labute approximate surface area is 126 Å². The first-order valence-corrected chi connectivity index (χ1v) is 7.25. The fourth-order valence-electron chi connectivity index (χ4n) is 2.02. The molecule has 1 aromatic heterocycles. The minimum absolute atomic E-state index is 0.0923. The number of nitrogens with one attached hydrogen (secondary N) is 1. The lowest BCUT2D eigenvalue weighted by Gasteiger charge is -2.20. The van der Waals surface area contributed by atoms with Crippen LogP contribution in [0, 0.1) is 6.92 Å². The molecule has 1 N–H and O–H groups in total. The highest BCUT2D eigenvalue weighted by atomic mass is 16.5. The van der Waals surface area contributed by atoms with Gasteiger partial charge in [-0.15, -0.1) is 0 Å². The third-order valence-electron chi connectivity index (χ3n) is 3.30. The Morgan fingerprint density at radius 3 is 2.62 bits per heavy atom. The van der Waals surface area contributed by atoms with Crippen LogP contribution in [-0.2, 0) is 5.41 Å². The van der Waals surface area contributed by atoms with Crippen molar-refractivity contribution < 1.29 is 4.74 Å². The molecule has 0 radical (unpaired) electrons. The van der Waals surface area contributed by atoms with Crippen LogP contribution in [0.2, 0.25) is 0 Å². The van der Waals surface area contributed by atoms with Crippen LogP contribution in [-0.4, -0.2) is 16.5 Å². The summed E-state index contributed by atoms with van der Waals surface area (Å²) in [4.78, 5) is 8.46. The normalized spacial score (nSPS) is 11.3. The number of hydrogen-bond donors (Lipinski definition) is 1. The molecule has 0 amide bonds. The molecule has 1 heterocycles. The average Bonchev–Trinajstić information content (AvgIpc) is 2.43. The van der Waals surface area contributed by atoms with Crippen molar-refractivity contribution in [1.82, 2.24) is 9.97 Å². The van der Waals surface area contributed by atoms with E-state index in [0.717, 1.165) is 23.7 Å². The van der Waals surface area contributed by atoms with Gasteiger partial charge in [0.15, 0.2) is 0 Å². The van der Waals surface area contributed by atoms with Crippen LogP contribution in [0.3, 0.4) is 0 Å². The number of aromatic nitrogens is 2. The van der Waals surface area contributed by atoms with Crippen molar-refractivity contribution in [2.75, 3.05) is 11.9 Å². The second-order valence-corrected chi connectivity index (χ2v) is 6.06. The molecule has 0 saturated carbocycles. The smallest absolute Gasteiger partial charge is 0.227 e. The van der Waals surface area contributed by atoms with Gasteiger partial charge in [0.1, 0.15) is 17.9 Å². The van der Waals surface area contributed by atoms with Crippen LogP contribution >= 0.6 is 0 Å². The van der Waals surface area contributed by atoms with Gasteiger partial charge in [-0.05, 0) is 37.0 Å². The average molecular weight is 285 g/mol. The molecule has 2 rings (SSSR count). The molecule has 0 aliphatic heterocycles. The van der Waals surface area contributed by atoms with Gasteiger partial charge >= 0.3 is 0 Å². The van der Waals surface area contributed by atoms with Crippen LogP contribution in [0.15, 0.2) is 30.6 Å². The molecule has 21 heavy (non-hydrogen) atoms. The molecule has 4 heteroatoms. The van der Waals surface area contributed by atoms with E-state index in [1.165, 1.54) is 11.9 Å². The molecule has 2 aromatic rings. The van der Waals surface area contributed by atoms with E-state index in [1.807, 2.05) is 26.0 Å². The maximum atomic E-state index is 5.94. The maximum Gasteiger partial charge on any atom is 0.227 e. The maximum absolute atomic E-state index is 5.94. The van der Waals surface area contributed by atoms with Crippen LogP contribution in [0.25, 0.3) is 0 Å². The molecule has 4 nitrogen and oxygen atoms in total. The summed E-state index contributed by atoms with van der Waals surface area (Å²) < 4.78 is 5.94. The molecule has 0 atom stereocenters. The van der Waals surface area contributed by atoms with Crippen LogP contribution in [0.4, 0.5) is 5.82 Å². The van der Waals surface area contributed by atoms with Gasteiger partial charge in [-0.1, -0.05) is 32.9 Å². The van der Waals surface area contributed by atoms with Crippen molar-refractivity contribution in [3.63, 3.8) is 0 Å². The molecule has 0 fully saturated rings. The second-order valence-electron chi connectivity index (χ2n) is 6.06. The number of hydrogen-bond acceptors (Lipinski definition) is 4. The minimum atomic E-state index is 0.0923. The topological polar surface area (TPSA) is 47.0 Å². The third kappa shape index (κ3) is 3.72. The highest BCUT2D eigenvalue weighted by Crippen LogP contribution is 2.30. The highest BCUT2D eigenvalue weighted by Gasteiger charge is 2.15. The summed E-state index contributed by atoms with van der Waals surface area (Å²) in [7, 11) is 0. The van der Waals surface area contributed by atoms with E-state index in [2.05, 4.69) is 48.2 Å². The van der Waals surface area contributed by atoms with Gasteiger partial charge in [0.2, 0.25) is 5.88 Å². The van der Waals surface area contributed by atoms with Crippen molar-refractivity contribution in [3.8, 4) is 11.6 Å². The summed E-state index contributed by atoms with van der Waals surface area (Å²) >= 11 is 0. The first kappa shape index (κ1) is 15.3. The summed E-state index contributed by atoms with van der Waals surface area (Å²) in [5.74, 6) is 2.20. The third-order valence-corrected chi connectivity index (χ3v) is 3.30. The highest BCUT2D eigenvalue weighted by molar-refractivity contribution is 5.48. The van der Waals surface area contributed by atoms with Gasteiger partial charge in [-0.3, -0.25) is 0 Å². The number of anilines is 1. The van der Waals surface area contributed by atoms with Gasteiger partial charge < -0.3 is 10.1 Å². The summed E-state index contributed by atoms with van der Waals surface area (Å²) in [5, 5.41) is 3.21. The summed E-state index contributed by atoms with van der Waals surface area (Å²) in [6.07, 6.45) is 1.52. The van der Waals surface area contributed by atoms with E-state index in [-0.39, 0.29) is 5.41 Å². The first-order chi connectivity index (χ1) is 9.91.